The van der Waals surface area contributed by atoms with Crippen LogP contribution in [0.1, 0.15) is 52.4 Å². The third kappa shape index (κ3) is 3.39. The number of rotatable bonds is 2. The summed E-state index contributed by atoms with van der Waals surface area (Å²) in [6.45, 7) is 8.19. The van der Waals surface area contributed by atoms with E-state index in [1.807, 2.05) is 7.05 Å². The molecule has 3 nitrogen and oxygen atoms in total. The number of aliphatic imine (C=N–C) groups is 1. The zero-order valence-electron chi connectivity index (χ0n) is 12.3. The van der Waals surface area contributed by atoms with Gasteiger partial charge in [-0.05, 0) is 37.0 Å². The summed E-state index contributed by atoms with van der Waals surface area (Å²) in [5, 5.41) is 3.61. The first-order valence-corrected chi connectivity index (χ1v) is 7.58. The molecule has 0 amide bonds. The molecular weight excluding hydrogens is 222 g/mol. The summed E-state index contributed by atoms with van der Waals surface area (Å²) in [5.41, 5.74) is 0.499. The van der Waals surface area contributed by atoms with Gasteiger partial charge in [-0.25, -0.2) is 0 Å². The lowest BCUT2D eigenvalue weighted by atomic mass is 9.89. The molecule has 1 saturated heterocycles. The Kier molecular flexibility index (Phi) is 4.52. The minimum atomic E-state index is 0.499. The Labute approximate surface area is 112 Å². The second kappa shape index (κ2) is 5.94. The van der Waals surface area contributed by atoms with Crippen molar-refractivity contribution >= 4 is 5.96 Å². The minimum Gasteiger partial charge on any atom is -0.356 e. The van der Waals surface area contributed by atoms with E-state index in [1.165, 1.54) is 38.5 Å². The predicted octanol–water partition coefficient (Wildman–Crippen LogP) is 2.87. The first-order chi connectivity index (χ1) is 8.63. The molecule has 18 heavy (non-hydrogen) atoms. The van der Waals surface area contributed by atoms with Crippen LogP contribution in [0.3, 0.4) is 0 Å². The zero-order valence-corrected chi connectivity index (χ0v) is 12.3. The Bertz CT molecular complexity index is 284. The van der Waals surface area contributed by atoms with Crippen molar-refractivity contribution in [3.8, 4) is 0 Å². The fourth-order valence-corrected chi connectivity index (χ4v) is 3.25. The van der Waals surface area contributed by atoms with E-state index in [0.29, 0.717) is 5.41 Å². The van der Waals surface area contributed by atoms with Crippen molar-refractivity contribution in [3.63, 3.8) is 0 Å². The molecule has 1 aliphatic carbocycles. The molecule has 0 radical (unpaired) electrons. The van der Waals surface area contributed by atoms with Gasteiger partial charge >= 0.3 is 0 Å². The standard InChI is InChI=1S/C15H29N3/c1-13-6-10-18(11-7-13)14(16-3)17-12-15(2)8-4-5-9-15/h13H,4-12H2,1-3H3,(H,16,17). The largest absolute Gasteiger partial charge is 0.356 e. The molecule has 0 aromatic carbocycles. The summed E-state index contributed by atoms with van der Waals surface area (Å²) < 4.78 is 0. The number of guanidine groups is 1. The van der Waals surface area contributed by atoms with Crippen LogP contribution in [0, 0.1) is 11.3 Å². The number of hydrogen-bond acceptors (Lipinski definition) is 1. The normalized spacial score (nSPS) is 25.5. The van der Waals surface area contributed by atoms with Crippen molar-refractivity contribution in [2.75, 3.05) is 26.7 Å². The van der Waals surface area contributed by atoms with Crippen molar-refractivity contribution in [3.05, 3.63) is 0 Å². The number of likely N-dealkylation sites (tertiary alicyclic amines) is 1. The van der Waals surface area contributed by atoms with Gasteiger partial charge in [0.2, 0.25) is 0 Å². The van der Waals surface area contributed by atoms with E-state index in [0.717, 1.165) is 31.5 Å². The summed E-state index contributed by atoms with van der Waals surface area (Å²) in [6.07, 6.45) is 8.15. The van der Waals surface area contributed by atoms with Crippen LogP contribution in [0.5, 0.6) is 0 Å². The molecule has 0 atom stereocenters. The van der Waals surface area contributed by atoms with Gasteiger partial charge in [-0.1, -0.05) is 26.7 Å². The molecule has 1 heterocycles. The zero-order chi connectivity index (χ0) is 13.0. The molecule has 0 aromatic rings. The van der Waals surface area contributed by atoms with Gasteiger partial charge in [-0.3, -0.25) is 4.99 Å². The Hall–Kier alpha value is -0.730. The maximum absolute atomic E-state index is 4.46. The van der Waals surface area contributed by atoms with Crippen LogP contribution in [0.25, 0.3) is 0 Å². The van der Waals surface area contributed by atoms with Crippen LogP contribution >= 0.6 is 0 Å². The van der Waals surface area contributed by atoms with Gasteiger partial charge < -0.3 is 10.2 Å². The van der Waals surface area contributed by atoms with Crippen LogP contribution in [-0.2, 0) is 0 Å². The second-order valence-corrected chi connectivity index (χ2v) is 6.59. The van der Waals surface area contributed by atoms with Crippen LogP contribution in [-0.4, -0.2) is 37.5 Å². The van der Waals surface area contributed by atoms with Crippen molar-refractivity contribution in [2.24, 2.45) is 16.3 Å². The summed E-state index contributed by atoms with van der Waals surface area (Å²) in [5.74, 6) is 2.00. The van der Waals surface area contributed by atoms with Crippen molar-refractivity contribution in [2.45, 2.75) is 52.4 Å². The number of piperidine rings is 1. The highest BCUT2D eigenvalue weighted by atomic mass is 15.3. The molecule has 3 heteroatoms. The average Bonchev–Trinajstić information content (AvgIpc) is 2.79. The van der Waals surface area contributed by atoms with Gasteiger partial charge in [0.25, 0.3) is 0 Å². The average molecular weight is 251 g/mol. The fraction of sp³-hybridized carbons (Fsp3) is 0.933. The third-order valence-electron chi connectivity index (χ3n) is 4.78. The second-order valence-electron chi connectivity index (χ2n) is 6.59. The molecular formula is C15H29N3. The Balaban J connectivity index is 1.82. The van der Waals surface area contributed by atoms with Crippen LogP contribution in [0.15, 0.2) is 4.99 Å². The summed E-state index contributed by atoms with van der Waals surface area (Å²) >= 11 is 0. The molecule has 2 rings (SSSR count). The molecule has 1 saturated carbocycles. The monoisotopic (exact) mass is 251 g/mol. The number of nitrogens with zero attached hydrogens (tertiary/aromatic N) is 2. The lowest BCUT2D eigenvalue weighted by Gasteiger charge is -2.34. The molecule has 1 N–H and O–H groups in total. The fourth-order valence-electron chi connectivity index (χ4n) is 3.25. The smallest absolute Gasteiger partial charge is 0.193 e. The van der Waals surface area contributed by atoms with Crippen LogP contribution < -0.4 is 5.32 Å². The quantitative estimate of drug-likeness (QED) is 0.603. The van der Waals surface area contributed by atoms with Crippen molar-refractivity contribution in [1.29, 1.82) is 0 Å². The Morgan fingerprint density at radius 2 is 1.89 bits per heavy atom. The van der Waals surface area contributed by atoms with E-state index in [9.17, 15) is 0 Å². The van der Waals surface area contributed by atoms with E-state index < -0.39 is 0 Å². The summed E-state index contributed by atoms with van der Waals surface area (Å²) in [6, 6.07) is 0. The highest BCUT2D eigenvalue weighted by molar-refractivity contribution is 5.80. The number of hydrogen-bond donors (Lipinski definition) is 1. The topological polar surface area (TPSA) is 27.6 Å². The minimum absolute atomic E-state index is 0.499. The molecule has 2 aliphatic rings. The van der Waals surface area contributed by atoms with Gasteiger partial charge in [-0.15, -0.1) is 0 Å². The first kappa shape index (κ1) is 13.7. The highest BCUT2D eigenvalue weighted by Gasteiger charge is 2.29. The van der Waals surface area contributed by atoms with E-state index in [2.05, 4.69) is 29.1 Å². The first-order valence-electron chi connectivity index (χ1n) is 7.58. The molecule has 0 aromatic heterocycles. The molecule has 104 valence electrons. The molecule has 1 aliphatic heterocycles. The van der Waals surface area contributed by atoms with E-state index in [4.69, 9.17) is 0 Å². The van der Waals surface area contributed by atoms with Gasteiger partial charge in [0.1, 0.15) is 0 Å². The molecule has 0 spiro atoms. The lowest BCUT2D eigenvalue weighted by molar-refractivity contribution is 0.265. The summed E-state index contributed by atoms with van der Waals surface area (Å²) in [4.78, 5) is 6.89. The van der Waals surface area contributed by atoms with E-state index in [-0.39, 0.29) is 0 Å². The Morgan fingerprint density at radius 1 is 1.28 bits per heavy atom. The molecule has 2 fully saturated rings. The third-order valence-corrected chi connectivity index (χ3v) is 4.78. The maximum atomic E-state index is 4.46. The van der Waals surface area contributed by atoms with Crippen molar-refractivity contribution in [1.82, 2.24) is 10.2 Å². The van der Waals surface area contributed by atoms with Crippen LogP contribution in [0.2, 0.25) is 0 Å². The predicted molar refractivity (Wildman–Crippen MR) is 77.9 cm³/mol. The number of nitrogens with one attached hydrogen (secondary N) is 1. The maximum Gasteiger partial charge on any atom is 0.193 e. The summed E-state index contributed by atoms with van der Waals surface area (Å²) in [7, 11) is 1.91. The van der Waals surface area contributed by atoms with Gasteiger partial charge in [-0.2, -0.15) is 0 Å². The lowest BCUT2D eigenvalue weighted by Crippen LogP contribution is -2.47. The highest BCUT2D eigenvalue weighted by Crippen LogP contribution is 2.36. The van der Waals surface area contributed by atoms with E-state index in [1.54, 1.807) is 0 Å². The van der Waals surface area contributed by atoms with Gasteiger partial charge in [0, 0.05) is 26.7 Å². The molecule has 0 bridgehead atoms. The van der Waals surface area contributed by atoms with Crippen molar-refractivity contribution < 1.29 is 0 Å². The molecule has 0 unspecified atom stereocenters. The van der Waals surface area contributed by atoms with Gasteiger partial charge in [0.15, 0.2) is 5.96 Å². The SMILES string of the molecule is CN=C(NCC1(C)CCCC1)N1CCC(C)CC1. The van der Waals surface area contributed by atoms with Gasteiger partial charge in [0.05, 0.1) is 0 Å². The Morgan fingerprint density at radius 3 is 2.44 bits per heavy atom. The van der Waals surface area contributed by atoms with Crippen LogP contribution in [0.4, 0.5) is 0 Å². The van der Waals surface area contributed by atoms with E-state index >= 15 is 0 Å².